The fraction of sp³-hybridized carbons (Fsp3) is 0.500. The Balaban J connectivity index is 1.43. The summed E-state index contributed by atoms with van der Waals surface area (Å²) >= 11 is 1.59. The van der Waals surface area contributed by atoms with Crippen LogP contribution in [-0.4, -0.2) is 87.0 Å². The molecule has 0 bridgehead atoms. The van der Waals surface area contributed by atoms with Gasteiger partial charge >= 0.3 is 0 Å². The first-order valence-corrected chi connectivity index (χ1v) is 17.9. The van der Waals surface area contributed by atoms with Crippen LogP contribution in [0.5, 0.6) is 0 Å². The molecule has 1 N–H and O–H groups in total. The molecule has 2 aromatic rings. The van der Waals surface area contributed by atoms with Crippen molar-refractivity contribution in [3.8, 4) is 0 Å². The van der Waals surface area contributed by atoms with E-state index in [9.17, 15) is 19.5 Å². The minimum absolute atomic E-state index is 0.0666. The summed E-state index contributed by atoms with van der Waals surface area (Å²) in [7, 11) is 0. The number of nitrogens with zero attached hydrogens (tertiary/aromatic N) is 4. The van der Waals surface area contributed by atoms with E-state index in [4.69, 9.17) is 0 Å². The van der Waals surface area contributed by atoms with Gasteiger partial charge in [0, 0.05) is 48.8 Å². The number of anilines is 2. The van der Waals surface area contributed by atoms with Crippen molar-refractivity contribution in [2.75, 3.05) is 42.6 Å². The molecule has 9 heteroatoms. The van der Waals surface area contributed by atoms with Crippen LogP contribution in [0.4, 0.5) is 11.4 Å². The van der Waals surface area contributed by atoms with Crippen LogP contribution in [0.3, 0.4) is 0 Å². The van der Waals surface area contributed by atoms with Crippen LogP contribution < -0.4 is 9.80 Å². The van der Waals surface area contributed by atoms with E-state index < -0.39 is 33.4 Å². The number of benzene rings is 2. The third kappa shape index (κ3) is 5.69. The van der Waals surface area contributed by atoms with E-state index in [1.54, 1.807) is 21.6 Å². The molecule has 0 aromatic heterocycles. The van der Waals surface area contributed by atoms with Crippen molar-refractivity contribution in [3.05, 3.63) is 84.5 Å². The van der Waals surface area contributed by atoms with Crippen LogP contribution in [0, 0.1) is 17.8 Å². The van der Waals surface area contributed by atoms with Gasteiger partial charge in [0.05, 0.1) is 29.2 Å². The van der Waals surface area contributed by atoms with Crippen LogP contribution in [0.2, 0.25) is 0 Å². The third-order valence-electron chi connectivity index (χ3n) is 10.4. The number of fused-ring (bicyclic) bond motifs is 2. The number of amides is 3. The monoisotopic (exact) mass is 656 g/mol. The van der Waals surface area contributed by atoms with Gasteiger partial charge in [-0.2, -0.15) is 0 Å². The molecule has 4 aliphatic rings. The number of hydrogen-bond donors (Lipinski definition) is 1. The minimum atomic E-state index is -0.969. The topological polar surface area (TPSA) is 84.4 Å². The summed E-state index contributed by atoms with van der Waals surface area (Å²) in [6.07, 6.45) is 8.76. The Morgan fingerprint density at radius 3 is 2.21 bits per heavy atom. The minimum Gasteiger partial charge on any atom is -0.394 e. The molecule has 2 saturated heterocycles. The quantitative estimate of drug-likeness (QED) is 0.357. The fourth-order valence-electron chi connectivity index (χ4n) is 8.33. The molecule has 3 amide bonds. The number of rotatable bonds is 10. The zero-order valence-electron chi connectivity index (χ0n) is 28.2. The van der Waals surface area contributed by atoms with Gasteiger partial charge in [0.1, 0.15) is 6.04 Å². The second-order valence-electron chi connectivity index (χ2n) is 13.9. The van der Waals surface area contributed by atoms with Crippen LogP contribution in [0.25, 0.3) is 0 Å². The first-order chi connectivity index (χ1) is 22.6. The zero-order valence-corrected chi connectivity index (χ0v) is 29.0. The number of likely N-dealkylation sites (tertiary alicyclic amines) is 1. The summed E-state index contributed by atoms with van der Waals surface area (Å²) in [5.41, 5.74) is 2.88. The van der Waals surface area contributed by atoms with Gasteiger partial charge < -0.3 is 24.7 Å². The maximum absolute atomic E-state index is 15.0. The standard InChI is InChI=1S/C38H48N4O4S/c1-6-39(7-2)28-15-17-29(18-16-28)41-22-12-20-38-32(35(45)42(33(38)36(41)46)30(25-43)23-26(3)4)31-34(44)40(21-11-19-37(31,5)47-38)24-27-13-9-8-10-14-27/h8-20,26,30-33,43H,6-7,21-25H2,1-5H3/t30-,31+,32+,33?,37-,38+/m1/s1. The highest BCUT2D eigenvalue weighted by Gasteiger charge is 2.74. The SMILES string of the molecule is CCN(CC)c1ccc(N2CC=C[C@]34S[C@]5(C)C=CCN(Cc6ccccc6)C(=O)[C@@H]5[C@H]3C(=O)N([C@@H](CO)CC(C)C)C4C2=O)cc1. The molecular formula is C38H48N4O4S. The van der Waals surface area contributed by atoms with Gasteiger partial charge in [0.15, 0.2) is 0 Å². The second kappa shape index (κ2) is 13.2. The lowest BCUT2D eigenvalue weighted by atomic mass is 9.74. The summed E-state index contributed by atoms with van der Waals surface area (Å²) in [6, 6.07) is 16.6. The number of thioether (sulfide) groups is 1. The summed E-state index contributed by atoms with van der Waals surface area (Å²) in [5, 5.41) is 10.7. The molecule has 2 fully saturated rings. The van der Waals surface area contributed by atoms with Crippen molar-refractivity contribution < 1.29 is 19.5 Å². The molecule has 6 rings (SSSR count). The molecule has 0 radical (unpaired) electrons. The zero-order chi connectivity index (χ0) is 33.5. The van der Waals surface area contributed by atoms with E-state index in [0.717, 1.165) is 30.0 Å². The smallest absolute Gasteiger partial charge is 0.251 e. The Morgan fingerprint density at radius 2 is 1.57 bits per heavy atom. The lowest BCUT2D eigenvalue weighted by molar-refractivity contribution is -0.145. The molecule has 2 aromatic carbocycles. The molecule has 0 saturated carbocycles. The molecule has 47 heavy (non-hydrogen) atoms. The Labute approximate surface area is 283 Å². The molecule has 4 aliphatic heterocycles. The maximum Gasteiger partial charge on any atom is 0.251 e. The van der Waals surface area contributed by atoms with Crippen LogP contribution in [-0.2, 0) is 20.9 Å². The molecule has 4 heterocycles. The highest BCUT2D eigenvalue weighted by Crippen LogP contribution is 2.66. The molecule has 6 atom stereocenters. The van der Waals surface area contributed by atoms with Crippen molar-refractivity contribution in [2.45, 2.75) is 69.2 Å². The largest absolute Gasteiger partial charge is 0.394 e. The number of aliphatic hydroxyl groups excluding tert-OH is 1. The molecular weight excluding hydrogens is 609 g/mol. The lowest BCUT2D eigenvalue weighted by Crippen LogP contribution is -2.57. The third-order valence-corrected chi connectivity index (χ3v) is 12.2. The summed E-state index contributed by atoms with van der Waals surface area (Å²) in [5.74, 6) is -1.67. The van der Waals surface area contributed by atoms with Crippen LogP contribution >= 0.6 is 11.8 Å². The summed E-state index contributed by atoms with van der Waals surface area (Å²) < 4.78 is -1.66. The normalized spacial score (nSPS) is 29.1. The van der Waals surface area contributed by atoms with E-state index in [1.165, 1.54) is 0 Å². The van der Waals surface area contributed by atoms with E-state index in [2.05, 4.69) is 51.7 Å². The van der Waals surface area contributed by atoms with Gasteiger partial charge in [-0.1, -0.05) is 68.5 Å². The molecule has 1 unspecified atom stereocenters. The van der Waals surface area contributed by atoms with Crippen molar-refractivity contribution in [1.29, 1.82) is 0 Å². The number of aliphatic hydroxyl groups is 1. The van der Waals surface area contributed by atoms with Gasteiger partial charge in [0.25, 0.3) is 5.91 Å². The predicted octanol–water partition coefficient (Wildman–Crippen LogP) is 5.13. The molecule has 8 nitrogen and oxygen atoms in total. The van der Waals surface area contributed by atoms with Gasteiger partial charge in [-0.15, -0.1) is 11.8 Å². The van der Waals surface area contributed by atoms with Gasteiger partial charge in [-0.3, -0.25) is 14.4 Å². The van der Waals surface area contributed by atoms with Crippen LogP contribution in [0.15, 0.2) is 78.9 Å². The Morgan fingerprint density at radius 1 is 0.894 bits per heavy atom. The maximum atomic E-state index is 15.0. The Hall–Kier alpha value is -3.56. The fourth-order valence-corrected chi connectivity index (χ4v) is 10.5. The second-order valence-corrected chi connectivity index (χ2v) is 15.6. The average molecular weight is 657 g/mol. The number of carbonyl (C=O) groups excluding carboxylic acids is 3. The van der Waals surface area contributed by atoms with E-state index in [1.807, 2.05) is 71.6 Å². The lowest BCUT2D eigenvalue weighted by Gasteiger charge is -2.40. The summed E-state index contributed by atoms with van der Waals surface area (Å²) in [6.45, 7) is 13.2. The van der Waals surface area contributed by atoms with E-state index >= 15 is 0 Å². The number of hydrogen-bond acceptors (Lipinski definition) is 6. The average Bonchev–Trinajstić information content (AvgIpc) is 3.34. The Bertz CT molecular complexity index is 1540. The van der Waals surface area contributed by atoms with E-state index in [0.29, 0.717) is 26.1 Å². The van der Waals surface area contributed by atoms with Crippen molar-refractivity contribution in [1.82, 2.24) is 9.80 Å². The molecule has 250 valence electrons. The Kier molecular flexibility index (Phi) is 9.33. The first-order valence-electron chi connectivity index (χ1n) is 17.1. The van der Waals surface area contributed by atoms with Gasteiger partial charge in [0.2, 0.25) is 11.8 Å². The molecule has 0 aliphatic carbocycles. The predicted molar refractivity (Wildman–Crippen MR) is 189 cm³/mol. The van der Waals surface area contributed by atoms with Crippen molar-refractivity contribution in [2.24, 2.45) is 17.8 Å². The molecule has 1 spiro atoms. The highest BCUT2D eigenvalue weighted by atomic mass is 32.2. The van der Waals surface area contributed by atoms with Crippen LogP contribution in [0.1, 0.15) is 46.6 Å². The first kappa shape index (κ1) is 33.3. The van der Waals surface area contributed by atoms with Gasteiger partial charge in [-0.25, -0.2) is 0 Å². The van der Waals surface area contributed by atoms with Crippen molar-refractivity contribution in [3.63, 3.8) is 0 Å². The van der Waals surface area contributed by atoms with E-state index in [-0.39, 0.29) is 30.2 Å². The highest BCUT2D eigenvalue weighted by molar-refractivity contribution is 8.02. The summed E-state index contributed by atoms with van der Waals surface area (Å²) in [4.78, 5) is 52.1. The number of carbonyl (C=O) groups is 3. The van der Waals surface area contributed by atoms with Gasteiger partial charge in [-0.05, 0) is 62.9 Å². The van der Waals surface area contributed by atoms with Crippen molar-refractivity contribution >= 4 is 40.9 Å².